The van der Waals surface area contributed by atoms with Crippen LogP contribution in [-0.2, 0) is 0 Å². The second-order valence-electron chi connectivity index (χ2n) is 7.46. The summed E-state index contributed by atoms with van der Waals surface area (Å²) in [5, 5.41) is 2.17. The Morgan fingerprint density at radius 1 is 0.913 bits per heavy atom. The minimum absolute atomic E-state index is 0.774. The van der Waals surface area contributed by atoms with Gasteiger partial charge in [-0.05, 0) is 56.2 Å². The van der Waals surface area contributed by atoms with E-state index in [0.29, 0.717) is 0 Å². The predicted octanol–water partition coefficient (Wildman–Crippen LogP) is 7.21. The fourth-order valence-electron chi connectivity index (χ4n) is 4.40. The topological polar surface area (TPSA) is 13.1 Å². The van der Waals surface area contributed by atoms with E-state index in [-0.39, 0.29) is 0 Å². The van der Waals surface area contributed by atoms with Crippen molar-refractivity contribution in [2.24, 2.45) is 0 Å². The largest absolute Gasteiger partial charge is 0.460 e. The number of benzene rings is 1. The van der Waals surface area contributed by atoms with Gasteiger partial charge in [-0.3, -0.25) is 0 Å². The van der Waals surface area contributed by atoms with Crippen LogP contribution in [0.3, 0.4) is 0 Å². The smallest absolute Gasteiger partial charge is 0.135 e. The number of hydrogen-bond donors (Lipinski definition) is 0. The van der Waals surface area contributed by atoms with Crippen LogP contribution >= 0.6 is 11.8 Å². The zero-order valence-electron chi connectivity index (χ0n) is 14.3. The fourth-order valence-corrected chi connectivity index (χ4v) is 5.80. The van der Waals surface area contributed by atoms with Gasteiger partial charge in [0.05, 0.1) is 4.90 Å². The highest BCUT2D eigenvalue weighted by molar-refractivity contribution is 8.00. The summed E-state index contributed by atoms with van der Waals surface area (Å²) in [7, 11) is 0. The van der Waals surface area contributed by atoms with Gasteiger partial charge in [0, 0.05) is 10.6 Å². The van der Waals surface area contributed by atoms with Crippen molar-refractivity contribution in [2.45, 2.75) is 87.2 Å². The first-order chi connectivity index (χ1) is 11.3. The lowest BCUT2D eigenvalue weighted by Gasteiger charge is -2.22. The second kappa shape index (κ2) is 6.93. The highest BCUT2D eigenvalue weighted by Crippen LogP contribution is 2.42. The van der Waals surface area contributed by atoms with Crippen molar-refractivity contribution in [3.05, 3.63) is 29.5 Å². The minimum atomic E-state index is 0.774. The van der Waals surface area contributed by atoms with Crippen LogP contribution in [0.25, 0.3) is 11.0 Å². The fraction of sp³-hybridized carbons (Fsp3) is 0.619. The Morgan fingerprint density at radius 3 is 2.35 bits per heavy atom. The Labute approximate surface area is 144 Å². The standard InChI is InChI=1S/C21H28OS/c1-15-21(23-18-10-6-3-7-11-18)19-14-17(12-13-20(19)22-15)16-8-4-2-5-9-16/h12-14,16,18H,2-11H2,1H3. The monoisotopic (exact) mass is 328 g/mol. The lowest BCUT2D eigenvalue weighted by atomic mass is 9.84. The van der Waals surface area contributed by atoms with Gasteiger partial charge in [-0.1, -0.05) is 44.6 Å². The summed E-state index contributed by atoms with van der Waals surface area (Å²) in [6, 6.07) is 6.99. The summed E-state index contributed by atoms with van der Waals surface area (Å²) in [5.74, 6) is 1.90. The van der Waals surface area contributed by atoms with Gasteiger partial charge in [0.15, 0.2) is 0 Å². The average molecular weight is 329 g/mol. The molecule has 0 atom stereocenters. The van der Waals surface area contributed by atoms with Crippen molar-refractivity contribution >= 4 is 22.7 Å². The summed E-state index contributed by atoms with van der Waals surface area (Å²) in [6.07, 6.45) is 13.9. The molecule has 1 nitrogen and oxygen atoms in total. The highest BCUT2D eigenvalue weighted by Gasteiger charge is 2.21. The lowest BCUT2D eigenvalue weighted by molar-refractivity contribution is 0.444. The molecular weight excluding hydrogens is 300 g/mol. The molecule has 2 aliphatic carbocycles. The van der Waals surface area contributed by atoms with Gasteiger partial charge in [0.1, 0.15) is 11.3 Å². The molecule has 0 bridgehead atoms. The van der Waals surface area contributed by atoms with Crippen LogP contribution in [0.15, 0.2) is 27.5 Å². The number of thioether (sulfide) groups is 1. The van der Waals surface area contributed by atoms with E-state index in [2.05, 4.69) is 36.9 Å². The molecule has 0 amide bonds. The predicted molar refractivity (Wildman–Crippen MR) is 99.5 cm³/mol. The molecule has 1 aromatic heterocycles. The molecule has 0 N–H and O–H groups in total. The molecule has 124 valence electrons. The van der Waals surface area contributed by atoms with Crippen LogP contribution in [0.5, 0.6) is 0 Å². The zero-order chi connectivity index (χ0) is 15.6. The number of rotatable bonds is 3. The van der Waals surface area contributed by atoms with Gasteiger partial charge in [-0.15, -0.1) is 11.8 Å². The Morgan fingerprint density at radius 2 is 1.61 bits per heavy atom. The van der Waals surface area contributed by atoms with Crippen molar-refractivity contribution in [1.82, 2.24) is 0 Å². The number of fused-ring (bicyclic) bond motifs is 1. The minimum Gasteiger partial charge on any atom is -0.460 e. The van der Waals surface area contributed by atoms with E-state index in [0.717, 1.165) is 22.5 Å². The summed E-state index contributed by atoms with van der Waals surface area (Å²) in [4.78, 5) is 1.42. The van der Waals surface area contributed by atoms with Crippen LogP contribution < -0.4 is 0 Å². The van der Waals surface area contributed by atoms with Crippen LogP contribution in [0, 0.1) is 6.92 Å². The molecule has 1 aromatic carbocycles. The third kappa shape index (κ3) is 3.33. The number of aryl methyl sites for hydroxylation is 1. The lowest BCUT2D eigenvalue weighted by Crippen LogP contribution is -2.07. The van der Waals surface area contributed by atoms with E-state index >= 15 is 0 Å². The van der Waals surface area contributed by atoms with Gasteiger partial charge >= 0.3 is 0 Å². The molecule has 2 aromatic rings. The third-order valence-corrected chi connectivity index (χ3v) is 7.29. The van der Waals surface area contributed by atoms with Crippen molar-refractivity contribution in [1.29, 1.82) is 0 Å². The maximum Gasteiger partial charge on any atom is 0.135 e. The van der Waals surface area contributed by atoms with E-state index in [1.54, 1.807) is 5.56 Å². The van der Waals surface area contributed by atoms with Crippen molar-refractivity contribution in [3.8, 4) is 0 Å². The van der Waals surface area contributed by atoms with Crippen LogP contribution in [-0.4, -0.2) is 5.25 Å². The van der Waals surface area contributed by atoms with E-state index in [9.17, 15) is 0 Å². The molecule has 0 saturated heterocycles. The SMILES string of the molecule is Cc1oc2ccc(C3CCCCC3)cc2c1SC1CCCCC1. The summed E-state index contributed by atoms with van der Waals surface area (Å²) in [6.45, 7) is 2.14. The normalized spacial score (nSPS) is 21.1. The van der Waals surface area contributed by atoms with Gasteiger partial charge in [0.2, 0.25) is 0 Å². The molecule has 2 heteroatoms. The first-order valence-corrected chi connectivity index (χ1v) is 10.4. The van der Waals surface area contributed by atoms with Gasteiger partial charge < -0.3 is 4.42 Å². The number of furan rings is 1. The quantitative estimate of drug-likeness (QED) is 0.590. The molecule has 0 aliphatic heterocycles. The summed E-state index contributed by atoms with van der Waals surface area (Å²) >= 11 is 2.09. The Balaban J connectivity index is 1.64. The highest BCUT2D eigenvalue weighted by atomic mass is 32.2. The van der Waals surface area contributed by atoms with Crippen LogP contribution in [0.4, 0.5) is 0 Å². The van der Waals surface area contributed by atoms with E-state index in [1.807, 2.05) is 0 Å². The van der Waals surface area contributed by atoms with Crippen LogP contribution in [0.1, 0.15) is 81.4 Å². The summed E-state index contributed by atoms with van der Waals surface area (Å²) in [5.41, 5.74) is 2.63. The molecule has 1 heterocycles. The molecule has 23 heavy (non-hydrogen) atoms. The molecular formula is C21H28OS. The second-order valence-corrected chi connectivity index (χ2v) is 8.77. The molecule has 0 radical (unpaired) electrons. The molecule has 2 aliphatic rings. The molecule has 0 spiro atoms. The first kappa shape index (κ1) is 15.6. The maximum absolute atomic E-state index is 6.06. The van der Waals surface area contributed by atoms with Crippen LogP contribution in [0.2, 0.25) is 0 Å². The average Bonchev–Trinajstić information content (AvgIpc) is 2.92. The Bertz CT molecular complexity index is 660. The molecule has 4 rings (SSSR count). The van der Waals surface area contributed by atoms with Crippen molar-refractivity contribution in [2.75, 3.05) is 0 Å². The van der Waals surface area contributed by atoms with Gasteiger partial charge in [-0.25, -0.2) is 0 Å². The Hall–Kier alpha value is -0.890. The van der Waals surface area contributed by atoms with Gasteiger partial charge in [0.25, 0.3) is 0 Å². The maximum atomic E-state index is 6.06. The first-order valence-electron chi connectivity index (χ1n) is 9.51. The number of hydrogen-bond acceptors (Lipinski definition) is 2. The molecule has 2 saturated carbocycles. The van der Waals surface area contributed by atoms with Crippen molar-refractivity contribution in [3.63, 3.8) is 0 Å². The Kier molecular flexibility index (Phi) is 4.71. The van der Waals surface area contributed by atoms with Gasteiger partial charge in [-0.2, -0.15) is 0 Å². The van der Waals surface area contributed by atoms with E-state index in [1.165, 1.54) is 74.5 Å². The summed E-state index contributed by atoms with van der Waals surface area (Å²) < 4.78 is 6.06. The van der Waals surface area contributed by atoms with E-state index < -0.39 is 0 Å². The third-order valence-electron chi connectivity index (χ3n) is 5.74. The molecule has 2 fully saturated rings. The van der Waals surface area contributed by atoms with Crippen molar-refractivity contribution < 1.29 is 4.42 Å². The van der Waals surface area contributed by atoms with E-state index in [4.69, 9.17) is 4.42 Å². The molecule has 0 unspecified atom stereocenters. The zero-order valence-corrected chi connectivity index (χ0v) is 15.1.